The maximum absolute atomic E-state index is 12.6. The highest BCUT2D eigenvalue weighted by Gasteiger charge is 2.22. The van der Waals surface area contributed by atoms with Gasteiger partial charge in [0, 0.05) is 11.8 Å². The minimum Gasteiger partial charge on any atom is -0.496 e. The number of aryl methyl sites for hydroxylation is 1. The van der Waals surface area contributed by atoms with Gasteiger partial charge in [-0.3, -0.25) is 9.78 Å². The summed E-state index contributed by atoms with van der Waals surface area (Å²) >= 11 is 1.36. The monoisotopic (exact) mass is 339 g/mol. The van der Waals surface area contributed by atoms with Crippen LogP contribution in [0.3, 0.4) is 0 Å². The molecule has 0 saturated carbocycles. The van der Waals surface area contributed by atoms with E-state index in [-0.39, 0.29) is 5.91 Å². The van der Waals surface area contributed by atoms with Gasteiger partial charge >= 0.3 is 0 Å². The predicted octanol–water partition coefficient (Wildman–Crippen LogP) is 3.37. The molecule has 0 aliphatic rings. The Labute approximate surface area is 144 Å². The number of ether oxygens (including phenoxy) is 1. The number of carbonyl (C=O) groups excluding carboxylic acids is 1. The smallest absolute Gasteiger partial charge is 0.263 e. The van der Waals surface area contributed by atoms with Crippen LogP contribution >= 0.6 is 11.3 Å². The molecule has 24 heavy (non-hydrogen) atoms. The third-order valence-electron chi connectivity index (χ3n) is 3.55. The molecule has 1 N–H and O–H groups in total. The van der Waals surface area contributed by atoms with Crippen molar-refractivity contribution in [3.63, 3.8) is 0 Å². The van der Waals surface area contributed by atoms with Gasteiger partial charge in [0.1, 0.15) is 16.7 Å². The van der Waals surface area contributed by atoms with Crippen LogP contribution in [0.15, 0.2) is 54.9 Å². The zero-order valence-corrected chi connectivity index (χ0v) is 14.2. The number of rotatable bonds is 5. The van der Waals surface area contributed by atoms with E-state index < -0.39 is 6.04 Å². The molecule has 3 rings (SSSR count). The highest BCUT2D eigenvalue weighted by Crippen LogP contribution is 2.29. The predicted molar refractivity (Wildman–Crippen MR) is 93.4 cm³/mol. The fraction of sp³-hybridized carbons (Fsp3) is 0.167. The molecule has 122 valence electrons. The lowest BCUT2D eigenvalue weighted by Gasteiger charge is -2.20. The maximum atomic E-state index is 12.6. The van der Waals surface area contributed by atoms with Gasteiger partial charge in [0.15, 0.2) is 0 Å². The van der Waals surface area contributed by atoms with Crippen LogP contribution in [0, 0.1) is 6.92 Å². The number of benzene rings is 1. The maximum Gasteiger partial charge on any atom is 0.263 e. The molecule has 6 heteroatoms. The van der Waals surface area contributed by atoms with Crippen molar-refractivity contribution in [2.24, 2.45) is 0 Å². The van der Waals surface area contributed by atoms with Crippen molar-refractivity contribution in [1.82, 2.24) is 15.3 Å². The summed E-state index contributed by atoms with van der Waals surface area (Å²) in [5.41, 5.74) is 1.60. The quantitative estimate of drug-likeness (QED) is 0.774. The van der Waals surface area contributed by atoms with Crippen LogP contribution in [0.1, 0.15) is 32.0 Å². The van der Waals surface area contributed by atoms with Gasteiger partial charge < -0.3 is 10.1 Å². The van der Waals surface area contributed by atoms with E-state index in [4.69, 9.17) is 4.74 Å². The number of thiazole rings is 1. The third-order valence-corrected chi connectivity index (χ3v) is 4.47. The van der Waals surface area contributed by atoms with Crippen molar-refractivity contribution in [2.75, 3.05) is 7.11 Å². The number of nitrogens with one attached hydrogen (secondary N) is 1. The van der Waals surface area contributed by atoms with Crippen molar-refractivity contribution in [3.8, 4) is 5.75 Å². The molecule has 0 radical (unpaired) electrons. The highest BCUT2D eigenvalue weighted by molar-refractivity contribution is 7.13. The highest BCUT2D eigenvalue weighted by atomic mass is 32.1. The summed E-state index contributed by atoms with van der Waals surface area (Å²) in [5.74, 6) is 0.524. The molecular formula is C18H17N3O2S. The Morgan fingerprint density at radius 2 is 1.96 bits per heavy atom. The molecule has 0 spiro atoms. The first-order valence-electron chi connectivity index (χ1n) is 7.46. The third kappa shape index (κ3) is 3.44. The van der Waals surface area contributed by atoms with E-state index in [0.717, 1.165) is 16.3 Å². The van der Waals surface area contributed by atoms with E-state index >= 15 is 0 Å². The molecule has 0 unspecified atom stereocenters. The molecule has 2 heterocycles. The number of pyridine rings is 1. The Morgan fingerprint density at radius 3 is 2.62 bits per heavy atom. The Balaban J connectivity index is 1.98. The number of aromatic nitrogens is 2. The first-order valence-corrected chi connectivity index (χ1v) is 8.28. The second-order valence-corrected chi connectivity index (χ2v) is 6.38. The molecule has 3 aromatic rings. The Bertz CT molecular complexity index is 833. The standard InChI is InChI=1S/C18H17N3O2S/c1-12-20-11-16(24-12)18(22)21-17(14-8-5-6-10-19-14)13-7-3-4-9-15(13)23-2/h3-11,17H,1-2H3,(H,21,22)/t17-/m0/s1. The summed E-state index contributed by atoms with van der Waals surface area (Å²) in [6.45, 7) is 1.87. The van der Waals surface area contributed by atoms with Crippen LogP contribution in [0.4, 0.5) is 0 Å². The Kier molecular flexibility index (Phi) is 4.86. The first kappa shape index (κ1) is 16.1. The lowest BCUT2D eigenvalue weighted by atomic mass is 10.0. The van der Waals surface area contributed by atoms with E-state index in [1.54, 1.807) is 19.5 Å². The van der Waals surface area contributed by atoms with E-state index in [0.29, 0.717) is 10.6 Å². The molecule has 1 amide bonds. The van der Waals surface area contributed by atoms with Gasteiger partial charge in [-0.2, -0.15) is 0 Å². The van der Waals surface area contributed by atoms with Gasteiger partial charge in [-0.25, -0.2) is 4.98 Å². The molecular weight excluding hydrogens is 322 g/mol. The summed E-state index contributed by atoms with van der Waals surface area (Å²) in [4.78, 5) is 21.7. The van der Waals surface area contributed by atoms with Crippen LogP contribution in [0.25, 0.3) is 0 Å². The SMILES string of the molecule is COc1ccccc1[C@H](NC(=O)c1cnc(C)s1)c1ccccn1. The van der Waals surface area contributed by atoms with Gasteiger partial charge in [-0.1, -0.05) is 24.3 Å². The first-order chi connectivity index (χ1) is 11.7. The number of methoxy groups -OCH3 is 1. The summed E-state index contributed by atoms with van der Waals surface area (Å²) in [5, 5.41) is 3.90. The molecule has 0 saturated heterocycles. The van der Waals surface area contributed by atoms with Crippen molar-refractivity contribution < 1.29 is 9.53 Å². The largest absolute Gasteiger partial charge is 0.496 e. The number of nitrogens with zero attached hydrogens (tertiary/aromatic N) is 2. The number of para-hydroxylation sites is 1. The van der Waals surface area contributed by atoms with E-state index in [9.17, 15) is 4.79 Å². The second-order valence-electron chi connectivity index (χ2n) is 5.15. The van der Waals surface area contributed by atoms with Crippen molar-refractivity contribution in [1.29, 1.82) is 0 Å². The molecule has 0 bridgehead atoms. The fourth-order valence-corrected chi connectivity index (χ4v) is 3.11. The van der Waals surface area contributed by atoms with Gasteiger partial charge in [-0.05, 0) is 25.1 Å². The molecule has 0 fully saturated rings. The van der Waals surface area contributed by atoms with Gasteiger partial charge in [0.05, 0.1) is 24.0 Å². The number of hydrogen-bond acceptors (Lipinski definition) is 5. The van der Waals surface area contributed by atoms with Crippen molar-refractivity contribution >= 4 is 17.2 Å². The Morgan fingerprint density at radius 1 is 1.17 bits per heavy atom. The Hall–Kier alpha value is -2.73. The van der Waals surface area contributed by atoms with Crippen LogP contribution in [-0.4, -0.2) is 23.0 Å². The molecule has 5 nitrogen and oxygen atoms in total. The molecule has 1 atom stereocenters. The minimum atomic E-state index is -0.405. The lowest BCUT2D eigenvalue weighted by Crippen LogP contribution is -2.29. The molecule has 2 aromatic heterocycles. The zero-order chi connectivity index (χ0) is 16.9. The summed E-state index contributed by atoms with van der Waals surface area (Å²) in [7, 11) is 1.61. The van der Waals surface area contributed by atoms with Crippen molar-refractivity contribution in [2.45, 2.75) is 13.0 Å². The van der Waals surface area contributed by atoms with Crippen molar-refractivity contribution in [3.05, 3.63) is 76.0 Å². The average molecular weight is 339 g/mol. The normalized spacial score (nSPS) is 11.8. The number of amides is 1. The lowest BCUT2D eigenvalue weighted by molar-refractivity contribution is 0.0946. The minimum absolute atomic E-state index is 0.179. The van der Waals surface area contributed by atoms with E-state index in [1.807, 2.05) is 49.4 Å². The number of hydrogen-bond donors (Lipinski definition) is 1. The summed E-state index contributed by atoms with van der Waals surface area (Å²) < 4.78 is 5.45. The van der Waals surface area contributed by atoms with Gasteiger partial charge in [-0.15, -0.1) is 11.3 Å². The van der Waals surface area contributed by atoms with Gasteiger partial charge in [0.2, 0.25) is 0 Å². The molecule has 0 aliphatic carbocycles. The van der Waals surface area contributed by atoms with Crippen LogP contribution in [0.2, 0.25) is 0 Å². The van der Waals surface area contributed by atoms with Crippen LogP contribution < -0.4 is 10.1 Å². The molecule has 1 aromatic carbocycles. The van der Waals surface area contributed by atoms with Gasteiger partial charge in [0.25, 0.3) is 5.91 Å². The van der Waals surface area contributed by atoms with Crippen LogP contribution in [0.5, 0.6) is 5.75 Å². The average Bonchev–Trinajstić information content (AvgIpc) is 3.07. The van der Waals surface area contributed by atoms with E-state index in [1.165, 1.54) is 11.3 Å². The zero-order valence-electron chi connectivity index (χ0n) is 13.4. The number of carbonyl (C=O) groups is 1. The summed E-state index contributed by atoms with van der Waals surface area (Å²) in [6.07, 6.45) is 3.30. The summed E-state index contributed by atoms with van der Waals surface area (Å²) in [6, 6.07) is 12.8. The topological polar surface area (TPSA) is 64.1 Å². The second kappa shape index (κ2) is 7.23. The van der Waals surface area contributed by atoms with E-state index in [2.05, 4.69) is 15.3 Å². The molecule has 0 aliphatic heterocycles. The van der Waals surface area contributed by atoms with Crippen LogP contribution in [-0.2, 0) is 0 Å². The fourth-order valence-electron chi connectivity index (χ4n) is 2.43.